The van der Waals surface area contributed by atoms with Gasteiger partial charge in [-0.25, -0.2) is 9.97 Å². The van der Waals surface area contributed by atoms with E-state index >= 15 is 0 Å². The van der Waals surface area contributed by atoms with E-state index in [1.807, 2.05) is 45.5 Å². The van der Waals surface area contributed by atoms with E-state index in [1.165, 1.54) is 0 Å². The Kier molecular flexibility index (Phi) is 3.57. The highest BCUT2D eigenvalue weighted by atomic mass is 16.7. The van der Waals surface area contributed by atoms with Crippen LogP contribution in [0.5, 0.6) is 0 Å². The van der Waals surface area contributed by atoms with Crippen molar-refractivity contribution in [1.82, 2.24) is 19.7 Å². The molecule has 0 aromatic carbocycles. The number of nitrogens with zero attached hydrogens (tertiary/aromatic N) is 4. The van der Waals surface area contributed by atoms with Crippen LogP contribution in [0.2, 0.25) is 0 Å². The lowest BCUT2D eigenvalue weighted by Crippen LogP contribution is -2.41. The zero-order valence-corrected chi connectivity index (χ0v) is 13.7. The Morgan fingerprint density at radius 1 is 1.09 bits per heavy atom. The van der Waals surface area contributed by atoms with Gasteiger partial charge in [0.25, 0.3) is 0 Å². The second-order valence-electron chi connectivity index (χ2n) is 6.62. The maximum atomic E-state index is 6.09. The van der Waals surface area contributed by atoms with E-state index in [9.17, 15) is 0 Å². The van der Waals surface area contributed by atoms with Gasteiger partial charge in [-0.3, -0.25) is 4.68 Å². The van der Waals surface area contributed by atoms with E-state index in [-0.39, 0.29) is 11.2 Å². The molecule has 1 aliphatic heterocycles. The van der Waals surface area contributed by atoms with Crippen molar-refractivity contribution < 1.29 is 9.31 Å². The SMILES string of the molecule is Cc1nn(Cc2ncccn2)cc1B1OC(C)(C)C(C)(C)O1. The van der Waals surface area contributed by atoms with Gasteiger partial charge in [-0.1, -0.05) is 0 Å². The maximum Gasteiger partial charge on any atom is 0.498 e. The summed E-state index contributed by atoms with van der Waals surface area (Å²) in [6.45, 7) is 10.7. The minimum absolute atomic E-state index is 0.352. The minimum Gasteiger partial charge on any atom is -0.399 e. The average molecular weight is 300 g/mol. The Morgan fingerprint density at radius 2 is 1.68 bits per heavy atom. The molecule has 0 aliphatic carbocycles. The Balaban J connectivity index is 1.82. The van der Waals surface area contributed by atoms with Crippen LogP contribution in [-0.2, 0) is 15.9 Å². The van der Waals surface area contributed by atoms with Crippen LogP contribution in [-0.4, -0.2) is 38.1 Å². The number of hydrogen-bond donors (Lipinski definition) is 0. The first kappa shape index (κ1) is 15.2. The fourth-order valence-electron chi connectivity index (χ4n) is 2.37. The summed E-state index contributed by atoms with van der Waals surface area (Å²) in [6, 6.07) is 1.80. The third kappa shape index (κ3) is 2.66. The molecule has 0 N–H and O–H groups in total. The van der Waals surface area contributed by atoms with Gasteiger partial charge in [-0.2, -0.15) is 5.10 Å². The third-order valence-electron chi connectivity index (χ3n) is 4.41. The Hall–Kier alpha value is -1.73. The normalized spacial score (nSPS) is 19.6. The molecule has 116 valence electrons. The largest absolute Gasteiger partial charge is 0.498 e. The van der Waals surface area contributed by atoms with E-state index in [1.54, 1.807) is 18.5 Å². The number of aromatic nitrogens is 4. The summed E-state index contributed by atoms with van der Waals surface area (Å²) in [5.74, 6) is 0.727. The molecule has 1 fully saturated rings. The second kappa shape index (κ2) is 5.17. The standard InChI is InChI=1S/C15H21BN4O2/c1-11-12(16-21-14(2,3)15(4,5)22-16)9-20(19-11)10-13-17-7-6-8-18-13/h6-9H,10H2,1-5H3. The molecule has 1 aliphatic rings. The smallest absolute Gasteiger partial charge is 0.399 e. The van der Waals surface area contributed by atoms with E-state index in [0.29, 0.717) is 6.54 Å². The summed E-state index contributed by atoms with van der Waals surface area (Å²) in [6.07, 6.45) is 5.41. The van der Waals surface area contributed by atoms with Gasteiger partial charge < -0.3 is 9.31 Å². The zero-order chi connectivity index (χ0) is 16.0. The molecular weight excluding hydrogens is 279 g/mol. The highest BCUT2D eigenvalue weighted by Crippen LogP contribution is 2.36. The Bertz CT molecular complexity index is 653. The predicted molar refractivity (Wildman–Crippen MR) is 83.8 cm³/mol. The molecule has 2 aromatic heterocycles. The van der Waals surface area contributed by atoms with E-state index in [2.05, 4.69) is 15.1 Å². The van der Waals surface area contributed by atoms with Crippen LogP contribution in [0.3, 0.4) is 0 Å². The highest BCUT2D eigenvalue weighted by molar-refractivity contribution is 6.62. The van der Waals surface area contributed by atoms with Gasteiger partial charge in [-0.15, -0.1) is 0 Å². The van der Waals surface area contributed by atoms with Crippen molar-refractivity contribution in [2.45, 2.75) is 52.4 Å². The molecule has 2 aromatic rings. The quantitative estimate of drug-likeness (QED) is 0.800. The molecule has 3 rings (SSSR count). The van der Waals surface area contributed by atoms with Crippen LogP contribution >= 0.6 is 0 Å². The van der Waals surface area contributed by atoms with Gasteiger partial charge in [0.05, 0.1) is 16.9 Å². The van der Waals surface area contributed by atoms with Crippen LogP contribution in [0.15, 0.2) is 24.7 Å². The molecule has 0 bridgehead atoms. The molecule has 1 saturated heterocycles. The van der Waals surface area contributed by atoms with Crippen LogP contribution in [0.1, 0.15) is 39.2 Å². The van der Waals surface area contributed by atoms with Crippen LogP contribution in [0, 0.1) is 6.92 Å². The summed E-state index contributed by atoms with van der Waals surface area (Å²) < 4.78 is 14.0. The molecule has 22 heavy (non-hydrogen) atoms. The van der Waals surface area contributed by atoms with Crippen LogP contribution in [0.25, 0.3) is 0 Å². The number of aryl methyl sites for hydroxylation is 1. The monoisotopic (exact) mass is 300 g/mol. The van der Waals surface area contributed by atoms with Crippen LogP contribution < -0.4 is 5.46 Å². The maximum absolute atomic E-state index is 6.09. The summed E-state index contributed by atoms with van der Waals surface area (Å²) in [5, 5.41) is 4.52. The summed E-state index contributed by atoms with van der Waals surface area (Å²) in [5.41, 5.74) is 1.15. The summed E-state index contributed by atoms with van der Waals surface area (Å²) >= 11 is 0. The predicted octanol–water partition coefficient (Wildman–Crippen LogP) is 1.33. The van der Waals surface area contributed by atoms with E-state index in [0.717, 1.165) is 17.0 Å². The minimum atomic E-state index is -0.393. The van der Waals surface area contributed by atoms with Gasteiger partial charge in [-0.05, 0) is 40.7 Å². The van der Waals surface area contributed by atoms with Crippen molar-refractivity contribution in [3.63, 3.8) is 0 Å². The fourth-order valence-corrected chi connectivity index (χ4v) is 2.37. The molecule has 3 heterocycles. The molecular formula is C15H21BN4O2. The number of rotatable bonds is 3. The lowest BCUT2D eigenvalue weighted by Gasteiger charge is -2.32. The van der Waals surface area contributed by atoms with E-state index < -0.39 is 7.12 Å². The summed E-state index contributed by atoms with van der Waals surface area (Å²) in [7, 11) is -0.393. The van der Waals surface area contributed by atoms with Crippen molar-refractivity contribution in [1.29, 1.82) is 0 Å². The van der Waals surface area contributed by atoms with Gasteiger partial charge in [0.1, 0.15) is 12.4 Å². The first-order valence-electron chi connectivity index (χ1n) is 7.44. The van der Waals surface area contributed by atoms with Crippen molar-refractivity contribution in [3.8, 4) is 0 Å². The highest BCUT2D eigenvalue weighted by Gasteiger charge is 2.52. The van der Waals surface area contributed by atoms with Crippen molar-refractivity contribution in [2.24, 2.45) is 0 Å². The van der Waals surface area contributed by atoms with Gasteiger partial charge in [0.2, 0.25) is 0 Å². The molecule has 0 amide bonds. The van der Waals surface area contributed by atoms with Crippen molar-refractivity contribution in [2.75, 3.05) is 0 Å². The lowest BCUT2D eigenvalue weighted by molar-refractivity contribution is 0.00578. The Labute approximate surface area is 131 Å². The number of hydrogen-bond acceptors (Lipinski definition) is 5. The molecule has 0 atom stereocenters. The zero-order valence-electron chi connectivity index (χ0n) is 13.7. The molecule has 6 nitrogen and oxygen atoms in total. The molecule has 0 spiro atoms. The average Bonchev–Trinajstić information content (AvgIpc) is 2.88. The Morgan fingerprint density at radius 3 is 2.27 bits per heavy atom. The topological polar surface area (TPSA) is 62.1 Å². The first-order chi connectivity index (χ1) is 10.3. The molecule has 0 unspecified atom stereocenters. The fraction of sp³-hybridized carbons (Fsp3) is 0.533. The second-order valence-corrected chi connectivity index (χ2v) is 6.62. The third-order valence-corrected chi connectivity index (χ3v) is 4.41. The van der Waals surface area contributed by atoms with Gasteiger partial charge in [0, 0.05) is 24.1 Å². The molecule has 7 heteroatoms. The molecule has 0 saturated carbocycles. The first-order valence-corrected chi connectivity index (χ1v) is 7.44. The lowest BCUT2D eigenvalue weighted by atomic mass is 9.79. The van der Waals surface area contributed by atoms with E-state index in [4.69, 9.17) is 9.31 Å². The molecule has 0 radical (unpaired) electrons. The van der Waals surface area contributed by atoms with Crippen molar-refractivity contribution in [3.05, 3.63) is 36.2 Å². The summed E-state index contributed by atoms with van der Waals surface area (Å²) in [4.78, 5) is 8.44. The van der Waals surface area contributed by atoms with Gasteiger partial charge in [0.15, 0.2) is 0 Å². The van der Waals surface area contributed by atoms with Crippen LogP contribution in [0.4, 0.5) is 0 Å². The van der Waals surface area contributed by atoms with Crippen molar-refractivity contribution >= 4 is 12.6 Å². The van der Waals surface area contributed by atoms with Gasteiger partial charge >= 0.3 is 7.12 Å².